The normalized spacial score (nSPS) is 10.7. The Balaban J connectivity index is 2.90. The highest BCUT2D eigenvalue weighted by atomic mass is 79.9. The molecule has 2 nitrogen and oxygen atoms in total. The summed E-state index contributed by atoms with van der Waals surface area (Å²) in [5, 5.41) is 1.10. The zero-order valence-electron chi connectivity index (χ0n) is 8.34. The Morgan fingerprint density at radius 3 is 2.67 bits per heavy atom. The molecule has 0 N–H and O–H groups in total. The third-order valence-corrected chi connectivity index (χ3v) is 3.28. The summed E-state index contributed by atoms with van der Waals surface area (Å²) in [5.74, 6) is 0.781. The first-order valence-corrected chi connectivity index (χ1v) is 6.00. The van der Waals surface area contributed by atoms with Crippen LogP contribution in [0.2, 0.25) is 0 Å². The summed E-state index contributed by atoms with van der Waals surface area (Å²) in [5.41, 5.74) is 2.05. The van der Waals surface area contributed by atoms with E-state index in [9.17, 15) is 0 Å². The first-order chi connectivity index (χ1) is 7.13. The van der Waals surface area contributed by atoms with Crippen molar-refractivity contribution in [1.82, 2.24) is 4.98 Å². The minimum Gasteiger partial charge on any atom is -0.493 e. The predicted molar refractivity (Wildman–Crippen MR) is 68.4 cm³/mol. The summed E-state index contributed by atoms with van der Waals surface area (Å²) >= 11 is 6.89. The van der Waals surface area contributed by atoms with E-state index in [1.54, 1.807) is 13.3 Å². The molecule has 0 atom stereocenters. The molecular formula is C11H9Br2NO. The average Bonchev–Trinajstić information content (AvgIpc) is 2.19. The lowest BCUT2D eigenvalue weighted by molar-refractivity contribution is 0.416. The summed E-state index contributed by atoms with van der Waals surface area (Å²) in [6.45, 7) is 2.06. The molecule has 0 saturated carbocycles. The number of aryl methyl sites for hydroxylation is 1. The van der Waals surface area contributed by atoms with Crippen molar-refractivity contribution in [3.8, 4) is 5.75 Å². The third kappa shape index (κ3) is 1.88. The van der Waals surface area contributed by atoms with Gasteiger partial charge in [0.25, 0.3) is 0 Å². The van der Waals surface area contributed by atoms with Gasteiger partial charge in [0.05, 0.1) is 11.6 Å². The maximum Gasteiger partial charge on any atom is 0.159 e. The number of hydrogen-bond donors (Lipinski definition) is 0. The molecule has 0 aliphatic carbocycles. The van der Waals surface area contributed by atoms with E-state index in [0.29, 0.717) is 0 Å². The maximum absolute atomic E-state index is 5.33. The topological polar surface area (TPSA) is 22.1 Å². The summed E-state index contributed by atoms with van der Waals surface area (Å²) in [7, 11) is 1.65. The number of rotatable bonds is 1. The second kappa shape index (κ2) is 4.10. The fourth-order valence-electron chi connectivity index (χ4n) is 1.56. The highest BCUT2D eigenvalue weighted by Crippen LogP contribution is 2.35. The summed E-state index contributed by atoms with van der Waals surface area (Å²) < 4.78 is 7.24. The van der Waals surface area contributed by atoms with Gasteiger partial charge in [0.2, 0.25) is 0 Å². The van der Waals surface area contributed by atoms with Crippen molar-refractivity contribution in [3.05, 3.63) is 32.8 Å². The first-order valence-electron chi connectivity index (χ1n) is 4.42. The summed E-state index contributed by atoms with van der Waals surface area (Å²) in [4.78, 5) is 4.37. The number of pyridine rings is 1. The minimum absolute atomic E-state index is 0.781. The molecule has 1 aromatic heterocycles. The van der Waals surface area contributed by atoms with Gasteiger partial charge < -0.3 is 4.74 Å². The monoisotopic (exact) mass is 329 g/mol. The van der Waals surface area contributed by atoms with Crippen LogP contribution in [0.5, 0.6) is 5.75 Å². The van der Waals surface area contributed by atoms with Gasteiger partial charge in [-0.25, -0.2) is 0 Å². The van der Waals surface area contributed by atoms with Crippen molar-refractivity contribution in [2.24, 2.45) is 0 Å². The molecule has 1 heterocycles. The molecule has 0 radical (unpaired) electrons. The molecule has 0 saturated heterocycles. The Hall–Kier alpha value is -0.610. The number of aromatic nitrogens is 1. The molecule has 0 fully saturated rings. The molecular weight excluding hydrogens is 322 g/mol. The lowest BCUT2D eigenvalue weighted by atomic mass is 10.1. The van der Waals surface area contributed by atoms with E-state index >= 15 is 0 Å². The van der Waals surface area contributed by atoms with E-state index in [1.165, 1.54) is 5.56 Å². The van der Waals surface area contributed by atoms with Gasteiger partial charge in [-0.2, -0.15) is 0 Å². The van der Waals surface area contributed by atoms with Crippen LogP contribution in [-0.2, 0) is 0 Å². The summed E-state index contributed by atoms with van der Waals surface area (Å²) in [6, 6.07) is 4.09. The van der Waals surface area contributed by atoms with Crippen LogP contribution in [0.25, 0.3) is 10.9 Å². The standard InChI is InChI=1S/C11H9Br2NO/c1-6-3-9(13)11(15-2)10-8(6)4-7(12)5-14-10/h3-5H,1-2H3. The second-order valence-corrected chi connectivity index (χ2v) is 5.03. The fourth-order valence-corrected chi connectivity index (χ4v) is 2.59. The molecule has 2 rings (SSSR count). The van der Waals surface area contributed by atoms with Crippen molar-refractivity contribution in [2.45, 2.75) is 6.92 Å². The lowest BCUT2D eigenvalue weighted by Crippen LogP contribution is -1.91. The number of benzene rings is 1. The number of methoxy groups -OCH3 is 1. The fraction of sp³-hybridized carbons (Fsp3) is 0.182. The number of nitrogens with zero attached hydrogens (tertiary/aromatic N) is 1. The average molecular weight is 331 g/mol. The SMILES string of the molecule is COc1c(Br)cc(C)c2cc(Br)cnc12. The maximum atomic E-state index is 5.33. The van der Waals surface area contributed by atoms with Crippen molar-refractivity contribution in [3.63, 3.8) is 0 Å². The van der Waals surface area contributed by atoms with E-state index in [0.717, 1.165) is 25.6 Å². The van der Waals surface area contributed by atoms with Crippen LogP contribution >= 0.6 is 31.9 Å². The Kier molecular flexibility index (Phi) is 2.98. The lowest BCUT2D eigenvalue weighted by Gasteiger charge is -2.09. The predicted octanol–water partition coefficient (Wildman–Crippen LogP) is 4.08. The molecule has 2 aromatic rings. The number of fused-ring (bicyclic) bond motifs is 1. The molecule has 0 aliphatic heterocycles. The van der Waals surface area contributed by atoms with Crippen LogP contribution in [-0.4, -0.2) is 12.1 Å². The molecule has 0 aliphatic rings. The molecule has 15 heavy (non-hydrogen) atoms. The Morgan fingerprint density at radius 1 is 1.27 bits per heavy atom. The van der Waals surface area contributed by atoms with Crippen molar-refractivity contribution in [1.29, 1.82) is 0 Å². The van der Waals surface area contributed by atoms with Gasteiger partial charge in [0.15, 0.2) is 5.75 Å². The van der Waals surface area contributed by atoms with Crippen LogP contribution in [0.1, 0.15) is 5.56 Å². The quantitative estimate of drug-likeness (QED) is 0.786. The largest absolute Gasteiger partial charge is 0.493 e. The Labute approximate surface area is 105 Å². The van der Waals surface area contributed by atoms with Crippen molar-refractivity contribution in [2.75, 3.05) is 7.11 Å². The van der Waals surface area contributed by atoms with E-state index in [-0.39, 0.29) is 0 Å². The Morgan fingerprint density at radius 2 is 2.00 bits per heavy atom. The molecule has 0 unspecified atom stereocenters. The van der Waals surface area contributed by atoms with Gasteiger partial charge in [-0.3, -0.25) is 4.98 Å². The van der Waals surface area contributed by atoms with Crippen molar-refractivity contribution >= 4 is 42.8 Å². The van der Waals surface area contributed by atoms with Gasteiger partial charge in [-0.15, -0.1) is 0 Å². The number of ether oxygens (including phenoxy) is 1. The molecule has 0 bridgehead atoms. The minimum atomic E-state index is 0.781. The van der Waals surface area contributed by atoms with E-state index in [2.05, 4.69) is 43.8 Å². The van der Waals surface area contributed by atoms with Crippen LogP contribution in [0, 0.1) is 6.92 Å². The second-order valence-electron chi connectivity index (χ2n) is 3.26. The number of hydrogen-bond acceptors (Lipinski definition) is 2. The zero-order valence-corrected chi connectivity index (χ0v) is 11.5. The van der Waals surface area contributed by atoms with Crippen LogP contribution in [0.4, 0.5) is 0 Å². The van der Waals surface area contributed by atoms with Gasteiger partial charge in [-0.1, -0.05) is 0 Å². The highest BCUT2D eigenvalue weighted by Gasteiger charge is 2.10. The van der Waals surface area contributed by atoms with Gasteiger partial charge >= 0.3 is 0 Å². The number of halogens is 2. The molecule has 0 amide bonds. The molecule has 0 spiro atoms. The van der Waals surface area contributed by atoms with Crippen molar-refractivity contribution < 1.29 is 4.74 Å². The van der Waals surface area contributed by atoms with Crippen LogP contribution in [0.3, 0.4) is 0 Å². The highest BCUT2D eigenvalue weighted by molar-refractivity contribution is 9.10. The van der Waals surface area contributed by atoms with Crippen LogP contribution < -0.4 is 4.74 Å². The van der Waals surface area contributed by atoms with E-state index < -0.39 is 0 Å². The Bertz CT molecular complexity index is 525. The van der Waals surface area contributed by atoms with E-state index in [1.807, 2.05) is 12.1 Å². The molecule has 1 aromatic carbocycles. The molecule has 78 valence electrons. The van der Waals surface area contributed by atoms with Gasteiger partial charge in [-0.05, 0) is 56.5 Å². The first kappa shape index (κ1) is 10.9. The van der Waals surface area contributed by atoms with Gasteiger partial charge in [0.1, 0.15) is 5.52 Å². The molecule has 4 heteroatoms. The summed E-state index contributed by atoms with van der Waals surface area (Å²) in [6.07, 6.45) is 1.77. The third-order valence-electron chi connectivity index (χ3n) is 2.26. The zero-order chi connectivity index (χ0) is 11.0. The smallest absolute Gasteiger partial charge is 0.159 e. The van der Waals surface area contributed by atoms with E-state index in [4.69, 9.17) is 4.74 Å². The van der Waals surface area contributed by atoms with Gasteiger partial charge in [0, 0.05) is 16.1 Å². The van der Waals surface area contributed by atoms with Crippen LogP contribution in [0.15, 0.2) is 27.3 Å².